The first-order valence-electron chi connectivity index (χ1n) is 14.3. The minimum absolute atomic E-state index is 0.0616. The molecular formula is C31H34N6O4. The maximum atomic E-state index is 13.1. The number of hydrogen-bond acceptors (Lipinski definition) is 9. The van der Waals surface area contributed by atoms with E-state index in [0.29, 0.717) is 28.7 Å². The van der Waals surface area contributed by atoms with Gasteiger partial charge in [-0.05, 0) is 68.7 Å². The number of hydrogen-bond donors (Lipinski definition) is 0. The van der Waals surface area contributed by atoms with Gasteiger partial charge in [0.25, 0.3) is 5.56 Å². The summed E-state index contributed by atoms with van der Waals surface area (Å²) in [5, 5.41) is 19.5. The minimum atomic E-state index is -0.356. The van der Waals surface area contributed by atoms with E-state index in [2.05, 4.69) is 34.2 Å². The van der Waals surface area contributed by atoms with Gasteiger partial charge in [-0.2, -0.15) is 10.5 Å². The van der Waals surface area contributed by atoms with Crippen LogP contribution in [0.4, 0.5) is 11.4 Å². The summed E-state index contributed by atoms with van der Waals surface area (Å²) in [4.78, 5) is 22.2. The number of pyridine rings is 2. The van der Waals surface area contributed by atoms with Gasteiger partial charge in [-0.3, -0.25) is 4.79 Å². The fraction of sp³-hybridized carbons (Fsp3) is 0.484. The van der Waals surface area contributed by atoms with Crippen molar-refractivity contribution in [2.45, 2.75) is 50.6 Å². The molecule has 3 aliphatic rings. The molecule has 3 aromatic rings. The van der Waals surface area contributed by atoms with Crippen molar-refractivity contribution in [2.75, 3.05) is 43.4 Å². The molecule has 41 heavy (non-hydrogen) atoms. The van der Waals surface area contributed by atoms with E-state index in [0.717, 1.165) is 75.5 Å². The van der Waals surface area contributed by atoms with E-state index in [-0.39, 0.29) is 29.7 Å². The van der Waals surface area contributed by atoms with Crippen molar-refractivity contribution < 1.29 is 14.2 Å². The van der Waals surface area contributed by atoms with Crippen molar-refractivity contribution in [3.8, 4) is 23.6 Å². The zero-order valence-corrected chi connectivity index (χ0v) is 23.5. The standard InChI is InChI=1S/C31H34N6O4/c1-35(30-25(16-33)31(38)36(2)26-11-5-21(15-32)34-29(26)30)22-6-8-23(9-7-22)37(17-20-4-3-13-39-18-20)24-10-12-27-28(14-24)41-19-40-27/h5,10-12,14,20,22-23H,3-4,6-9,13,17-19H2,1-2H3/t20-,22?,23?/m0/s1. The molecule has 212 valence electrons. The summed E-state index contributed by atoms with van der Waals surface area (Å²) in [5.74, 6) is 2.04. The Morgan fingerprint density at radius 1 is 1.02 bits per heavy atom. The van der Waals surface area contributed by atoms with Crippen LogP contribution < -0.4 is 24.8 Å². The predicted molar refractivity (Wildman–Crippen MR) is 154 cm³/mol. The maximum Gasteiger partial charge on any atom is 0.270 e. The third-order valence-corrected chi connectivity index (χ3v) is 8.85. The molecular weight excluding hydrogens is 520 g/mol. The highest BCUT2D eigenvalue weighted by Gasteiger charge is 2.33. The Morgan fingerprint density at radius 3 is 2.54 bits per heavy atom. The average Bonchev–Trinajstić information content (AvgIpc) is 3.49. The van der Waals surface area contributed by atoms with Crippen molar-refractivity contribution >= 4 is 22.4 Å². The Labute approximate surface area is 239 Å². The summed E-state index contributed by atoms with van der Waals surface area (Å²) in [6.07, 6.45) is 5.94. The topological polar surface area (TPSA) is 117 Å². The lowest BCUT2D eigenvalue weighted by atomic mass is 9.87. The zero-order valence-electron chi connectivity index (χ0n) is 23.5. The van der Waals surface area contributed by atoms with E-state index in [9.17, 15) is 15.3 Å². The van der Waals surface area contributed by atoms with Crippen LogP contribution in [0.3, 0.4) is 0 Å². The van der Waals surface area contributed by atoms with Gasteiger partial charge in [-0.1, -0.05) is 0 Å². The van der Waals surface area contributed by atoms with Gasteiger partial charge in [0.15, 0.2) is 11.5 Å². The highest BCUT2D eigenvalue weighted by Crippen LogP contribution is 2.39. The summed E-state index contributed by atoms with van der Waals surface area (Å²) in [7, 11) is 3.58. The van der Waals surface area contributed by atoms with Crippen LogP contribution in [-0.4, -0.2) is 55.2 Å². The molecule has 6 rings (SSSR count). The molecule has 1 atom stereocenters. The Morgan fingerprint density at radius 2 is 1.80 bits per heavy atom. The molecule has 0 unspecified atom stereocenters. The zero-order chi connectivity index (χ0) is 28.5. The van der Waals surface area contributed by atoms with Crippen LogP contribution in [0.1, 0.15) is 49.8 Å². The monoisotopic (exact) mass is 554 g/mol. The lowest BCUT2D eigenvalue weighted by molar-refractivity contribution is 0.0562. The number of anilines is 2. The molecule has 10 nitrogen and oxygen atoms in total. The van der Waals surface area contributed by atoms with E-state index in [1.807, 2.05) is 18.0 Å². The molecule has 1 aliphatic carbocycles. The van der Waals surface area contributed by atoms with Gasteiger partial charge < -0.3 is 28.6 Å². The predicted octanol–water partition coefficient (Wildman–Crippen LogP) is 4.09. The highest BCUT2D eigenvalue weighted by atomic mass is 16.7. The molecule has 2 aromatic heterocycles. The summed E-state index contributed by atoms with van der Waals surface area (Å²) in [6, 6.07) is 14.2. The van der Waals surface area contributed by atoms with E-state index < -0.39 is 0 Å². The summed E-state index contributed by atoms with van der Waals surface area (Å²) in [5.41, 5.74) is 2.72. The van der Waals surface area contributed by atoms with E-state index in [1.165, 1.54) is 4.57 Å². The molecule has 1 saturated carbocycles. The van der Waals surface area contributed by atoms with E-state index in [4.69, 9.17) is 14.2 Å². The molecule has 0 amide bonds. The molecule has 10 heteroatoms. The number of nitriles is 2. The number of rotatable bonds is 6. The molecule has 2 aliphatic heterocycles. The Hall–Kier alpha value is -4.28. The Bertz CT molecular complexity index is 1590. The molecule has 1 saturated heterocycles. The van der Waals surface area contributed by atoms with E-state index >= 15 is 0 Å². The quantitative estimate of drug-likeness (QED) is 0.444. The van der Waals surface area contributed by atoms with Gasteiger partial charge in [-0.25, -0.2) is 4.98 Å². The van der Waals surface area contributed by atoms with Gasteiger partial charge in [0.05, 0.1) is 17.8 Å². The third kappa shape index (κ3) is 5.05. The average molecular weight is 555 g/mol. The van der Waals surface area contributed by atoms with Crippen molar-refractivity contribution in [3.05, 3.63) is 51.9 Å². The van der Waals surface area contributed by atoms with Gasteiger partial charge >= 0.3 is 0 Å². The fourth-order valence-electron chi connectivity index (χ4n) is 6.60. The first kappa shape index (κ1) is 26.9. The molecule has 1 aromatic carbocycles. The van der Waals surface area contributed by atoms with Gasteiger partial charge in [0.1, 0.15) is 28.9 Å². The largest absolute Gasteiger partial charge is 0.454 e. The van der Waals surface area contributed by atoms with Crippen LogP contribution in [-0.2, 0) is 11.8 Å². The highest BCUT2D eigenvalue weighted by molar-refractivity contribution is 5.92. The van der Waals surface area contributed by atoms with Crippen LogP contribution in [0, 0.1) is 28.6 Å². The normalized spacial score (nSPS) is 21.7. The number of aromatic nitrogens is 2. The van der Waals surface area contributed by atoms with E-state index in [1.54, 1.807) is 19.2 Å². The first-order chi connectivity index (χ1) is 20.0. The van der Waals surface area contributed by atoms with Crippen molar-refractivity contribution in [2.24, 2.45) is 13.0 Å². The van der Waals surface area contributed by atoms with Crippen molar-refractivity contribution in [3.63, 3.8) is 0 Å². The van der Waals surface area contributed by atoms with Crippen molar-refractivity contribution in [1.82, 2.24) is 9.55 Å². The number of fused-ring (bicyclic) bond motifs is 2. The van der Waals surface area contributed by atoms with Crippen LogP contribution in [0.15, 0.2) is 35.1 Å². The SMILES string of the molecule is CN(c1c(C#N)c(=O)n(C)c2ccc(C#N)nc12)C1CCC(N(C[C@@H]2CCCOC2)c2ccc3c(c2)OCO3)CC1. The van der Waals surface area contributed by atoms with Gasteiger partial charge in [0, 0.05) is 51.1 Å². The minimum Gasteiger partial charge on any atom is -0.454 e. The third-order valence-electron chi connectivity index (χ3n) is 8.85. The molecule has 0 bridgehead atoms. The fourth-order valence-corrected chi connectivity index (χ4v) is 6.60. The number of benzene rings is 1. The maximum absolute atomic E-state index is 13.1. The lowest BCUT2D eigenvalue weighted by Gasteiger charge is -2.43. The molecule has 0 spiro atoms. The number of aryl methyl sites for hydroxylation is 1. The smallest absolute Gasteiger partial charge is 0.270 e. The van der Waals surface area contributed by atoms with Crippen molar-refractivity contribution in [1.29, 1.82) is 10.5 Å². The van der Waals surface area contributed by atoms with Crippen LogP contribution in [0.2, 0.25) is 0 Å². The Balaban J connectivity index is 1.27. The first-order valence-corrected chi connectivity index (χ1v) is 14.3. The summed E-state index contributed by atoms with van der Waals surface area (Å²) < 4.78 is 18.5. The lowest BCUT2D eigenvalue weighted by Crippen LogP contribution is -2.46. The second kappa shape index (κ2) is 11.3. The summed E-state index contributed by atoms with van der Waals surface area (Å²) in [6.45, 7) is 2.79. The van der Waals surface area contributed by atoms with Gasteiger partial charge in [-0.15, -0.1) is 0 Å². The number of nitrogens with zero attached hydrogens (tertiary/aromatic N) is 6. The van der Waals surface area contributed by atoms with Crippen LogP contribution in [0.5, 0.6) is 11.5 Å². The molecule has 2 fully saturated rings. The summed E-state index contributed by atoms with van der Waals surface area (Å²) >= 11 is 0. The second-order valence-corrected chi connectivity index (χ2v) is 11.2. The van der Waals surface area contributed by atoms with Crippen LogP contribution >= 0.6 is 0 Å². The molecule has 0 radical (unpaired) electrons. The van der Waals surface area contributed by atoms with Crippen LogP contribution in [0.25, 0.3) is 11.0 Å². The second-order valence-electron chi connectivity index (χ2n) is 11.2. The Kier molecular flexibility index (Phi) is 7.42. The van der Waals surface area contributed by atoms with Gasteiger partial charge in [0.2, 0.25) is 6.79 Å². The number of ether oxygens (including phenoxy) is 3. The molecule has 4 heterocycles. The molecule has 0 N–H and O–H groups in total.